The first kappa shape index (κ1) is 22.1. The van der Waals surface area contributed by atoms with Gasteiger partial charge in [-0.05, 0) is 49.2 Å². The lowest BCUT2D eigenvalue weighted by Gasteiger charge is -2.16. The van der Waals surface area contributed by atoms with Gasteiger partial charge < -0.3 is 19.4 Å². The Bertz CT molecular complexity index is 1400. The third-order valence-electron chi connectivity index (χ3n) is 5.35. The molecule has 0 saturated carbocycles. The van der Waals surface area contributed by atoms with Gasteiger partial charge in [-0.3, -0.25) is 9.59 Å². The summed E-state index contributed by atoms with van der Waals surface area (Å²) in [7, 11) is 0. The zero-order chi connectivity index (χ0) is 23.7. The maximum absolute atomic E-state index is 12.4. The molecular weight excluding hydrogens is 424 g/mol. The average molecular weight is 444 g/mol. The Balaban J connectivity index is 1.93. The molecule has 2 aliphatic rings. The number of ether oxygens (including phenoxy) is 1. The fourth-order valence-corrected chi connectivity index (χ4v) is 3.80. The van der Waals surface area contributed by atoms with Gasteiger partial charge >= 0.3 is 5.97 Å². The van der Waals surface area contributed by atoms with Crippen LogP contribution in [-0.4, -0.2) is 34.7 Å². The van der Waals surface area contributed by atoms with E-state index in [2.05, 4.69) is 12.1 Å². The van der Waals surface area contributed by atoms with Crippen molar-refractivity contribution in [2.75, 3.05) is 6.61 Å². The van der Waals surface area contributed by atoms with Crippen molar-refractivity contribution in [2.45, 2.75) is 26.4 Å². The number of rotatable bonds is 7. The summed E-state index contributed by atoms with van der Waals surface area (Å²) in [6.45, 7) is 3.86. The Kier molecular flexibility index (Phi) is 5.86. The second kappa shape index (κ2) is 8.77. The minimum atomic E-state index is -1.18. The van der Waals surface area contributed by atoms with Crippen LogP contribution in [0.5, 0.6) is 5.75 Å². The molecule has 1 atom stereocenters. The summed E-state index contributed by atoms with van der Waals surface area (Å²) in [5, 5.41) is 20.2. The van der Waals surface area contributed by atoms with Gasteiger partial charge in [0.05, 0.1) is 10.9 Å². The predicted molar refractivity (Wildman–Crippen MR) is 121 cm³/mol. The Labute approximate surface area is 189 Å². The molecule has 0 amide bonds. The Morgan fingerprint density at radius 3 is 2.58 bits per heavy atom. The Hall–Kier alpha value is -4.15. The van der Waals surface area contributed by atoms with Gasteiger partial charge in [0.2, 0.25) is 0 Å². The third kappa shape index (κ3) is 4.29. The number of fused-ring (bicyclic) bond motifs is 2. The van der Waals surface area contributed by atoms with Crippen molar-refractivity contribution in [3.05, 3.63) is 75.9 Å². The van der Waals surface area contributed by atoms with E-state index in [1.807, 2.05) is 0 Å². The van der Waals surface area contributed by atoms with Gasteiger partial charge in [-0.1, -0.05) is 18.2 Å². The highest BCUT2D eigenvalue weighted by molar-refractivity contribution is 6.07. The second-order valence-corrected chi connectivity index (χ2v) is 7.58. The van der Waals surface area contributed by atoms with Gasteiger partial charge in [-0.25, -0.2) is 4.79 Å². The third-order valence-corrected chi connectivity index (χ3v) is 5.35. The van der Waals surface area contributed by atoms with Crippen LogP contribution < -0.4 is 5.43 Å². The summed E-state index contributed by atoms with van der Waals surface area (Å²) in [4.78, 5) is 36.5. The first-order chi connectivity index (χ1) is 15.8. The van der Waals surface area contributed by atoms with Gasteiger partial charge in [0, 0.05) is 36.3 Å². The molecule has 0 spiro atoms. The van der Waals surface area contributed by atoms with E-state index in [1.54, 1.807) is 32.0 Å². The molecule has 1 aliphatic heterocycles. The fraction of sp³-hybridized carbons (Fsp3) is 0.192. The zero-order valence-corrected chi connectivity index (χ0v) is 18.0. The highest BCUT2D eigenvalue weighted by Gasteiger charge is 2.23. The van der Waals surface area contributed by atoms with Gasteiger partial charge in [0.15, 0.2) is 17.0 Å². The molecule has 7 heteroatoms. The second-order valence-electron chi connectivity index (χ2n) is 7.58. The molecule has 2 aromatic rings. The number of carbonyl (C=O) groups excluding carboxylic acids is 1. The highest BCUT2D eigenvalue weighted by atomic mass is 16.5. The average Bonchev–Trinajstić information content (AvgIpc) is 2.77. The highest BCUT2D eigenvalue weighted by Crippen LogP contribution is 2.41. The molecule has 4 rings (SSSR count). The lowest BCUT2D eigenvalue weighted by atomic mass is 9.89. The number of hydrogen-bond acceptors (Lipinski definition) is 6. The van der Waals surface area contributed by atoms with Crippen LogP contribution in [-0.2, 0) is 16.0 Å². The van der Waals surface area contributed by atoms with Crippen molar-refractivity contribution in [1.82, 2.24) is 0 Å². The van der Waals surface area contributed by atoms with Crippen molar-refractivity contribution in [3.8, 4) is 28.2 Å². The van der Waals surface area contributed by atoms with Crippen LogP contribution in [0.2, 0.25) is 0 Å². The maximum Gasteiger partial charge on any atom is 0.336 e. The fourth-order valence-electron chi connectivity index (χ4n) is 3.80. The van der Waals surface area contributed by atoms with Crippen LogP contribution >= 0.6 is 0 Å². The number of Topliss-reactive ketones (excluding diaryl/α,β-unsaturated/α-hetero) is 1. The zero-order valence-electron chi connectivity index (χ0n) is 18.0. The number of benzene rings is 2. The molecule has 1 heterocycles. The number of aromatic hydroxyl groups is 1. The van der Waals surface area contributed by atoms with E-state index in [0.29, 0.717) is 34.2 Å². The lowest BCUT2D eigenvalue weighted by Crippen LogP contribution is -2.22. The van der Waals surface area contributed by atoms with Crippen LogP contribution in [0, 0.1) is 12.1 Å². The SMILES string of the molecule is CCOC(C)C(=O)Cc1ccc(-c2c3ccc(=O)cc-3oc3cc(O)c#cc23)c(C(=O)O)c1. The molecular formula is C26H20O7. The standard InChI is InChI=1S/C26H20O7/c1-3-32-14(2)22(29)11-15-4-7-18(21(10-15)26(30)31)25-19-8-5-16(27)12-23(19)33-24-13-17(28)6-9-20(24)25/h4-5,7-8,10,12-14,28H,3,11H2,1-2H3,(H,30,31). The van der Waals surface area contributed by atoms with Gasteiger partial charge in [0.25, 0.3) is 0 Å². The molecule has 0 fully saturated rings. The summed E-state index contributed by atoms with van der Waals surface area (Å²) in [6, 6.07) is 15.7. The molecule has 166 valence electrons. The first-order valence-corrected chi connectivity index (χ1v) is 10.3. The van der Waals surface area contributed by atoms with E-state index in [1.165, 1.54) is 24.3 Å². The van der Waals surface area contributed by atoms with Crippen LogP contribution in [0.15, 0.2) is 51.7 Å². The first-order valence-electron chi connectivity index (χ1n) is 10.3. The number of carboxylic acid groups (broad SMARTS) is 1. The molecule has 1 aliphatic carbocycles. The van der Waals surface area contributed by atoms with Crippen molar-refractivity contribution in [1.29, 1.82) is 0 Å². The molecule has 0 aromatic heterocycles. The smallest absolute Gasteiger partial charge is 0.336 e. The number of aromatic carboxylic acids is 1. The number of carbonyl (C=O) groups is 2. The van der Waals surface area contributed by atoms with E-state index in [9.17, 15) is 24.6 Å². The summed E-state index contributed by atoms with van der Waals surface area (Å²) in [5.74, 6) is -1.30. The Morgan fingerprint density at radius 2 is 1.85 bits per heavy atom. The molecule has 0 bridgehead atoms. The molecule has 2 N–H and O–H groups in total. The van der Waals surface area contributed by atoms with Crippen molar-refractivity contribution in [3.63, 3.8) is 0 Å². The van der Waals surface area contributed by atoms with Crippen LogP contribution in [0.4, 0.5) is 0 Å². The summed E-state index contributed by atoms with van der Waals surface area (Å²) < 4.78 is 11.1. The number of carboxylic acids is 1. The van der Waals surface area contributed by atoms with E-state index >= 15 is 0 Å². The molecule has 7 nitrogen and oxygen atoms in total. The molecule has 33 heavy (non-hydrogen) atoms. The largest absolute Gasteiger partial charge is 0.501 e. The minimum Gasteiger partial charge on any atom is -0.501 e. The monoisotopic (exact) mass is 444 g/mol. The van der Waals surface area contributed by atoms with E-state index in [-0.39, 0.29) is 40.3 Å². The van der Waals surface area contributed by atoms with Crippen molar-refractivity contribution < 1.29 is 29.0 Å². The molecule has 0 saturated heterocycles. The van der Waals surface area contributed by atoms with Crippen LogP contribution in [0.25, 0.3) is 33.4 Å². The van der Waals surface area contributed by atoms with E-state index in [0.717, 1.165) is 0 Å². The Morgan fingerprint density at radius 1 is 1.09 bits per heavy atom. The maximum atomic E-state index is 12.4. The van der Waals surface area contributed by atoms with Crippen molar-refractivity contribution in [2.24, 2.45) is 0 Å². The summed E-state index contributed by atoms with van der Waals surface area (Å²) in [6.07, 6.45) is -0.564. The van der Waals surface area contributed by atoms with Gasteiger partial charge in [-0.15, -0.1) is 0 Å². The summed E-state index contributed by atoms with van der Waals surface area (Å²) in [5.41, 5.74) is 1.80. The molecule has 1 unspecified atom stereocenters. The van der Waals surface area contributed by atoms with Gasteiger partial charge in [-0.2, -0.15) is 0 Å². The van der Waals surface area contributed by atoms with Crippen LogP contribution in [0.1, 0.15) is 29.8 Å². The van der Waals surface area contributed by atoms with Crippen LogP contribution in [0.3, 0.4) is 0 Å². The number of ketones is 1. The minimum absolute atomic E-state index is 0.0224. The van der Waals surface area contributed by atoms with Gasteiger partial charge in [0.1, 0.15) is 17.4 Å². The predicted octanol–water partition coefficient (Wildman–Crippen LogP) is 4.11. The molecule has 2 aromatic carbocycles. The lowest BCUT2D eigenvalue weighted by molar-refractivity contribution is -0.128. The normalized spacial score (nSPS) is 11.9. The van der Waals surface area contributed by atoms with Crippen molar-refractivity contribution >= 4 is 22.7 Å². The summed E-state index contributed by atoms with van der Waals surface area (Å²) >= 11 is 0. The van der Waals surface area contributed by atoms with E-state index < -0.39 is 12.1 Å². The molecule has 0 radical (unpaired) electrons. The quantitative estimate of drug-likeness (QED) is 0.441. The van der Waals surface area contributed by atoms with E-state index in [4.69, 9.17) is 9.15 Å². The topological polar surface area (TPSA) is 114 Å². The number of hydrogen-bond donors (Lipinski definition) is 2.